The summed E-state index contributed by atoms with van der Waals surface area (Å²) < 4.78 is 0. The second kappa shape index (κ2) is 9.36. The minimum atomic E-state index is -0.903. The number of hydrogen-bond donors (Lipinski definition) is 2. The summed E-state index contributed by atoms with van der Waals surface area (Å²) in [5, 5.41) is 16.7. The van der Waals surface area contributed by atoms with Crippen LogP contribution in [0.2, 0.25) is 0 Å². The molecule has 0 radical (unpaired) electrons. The van der Waals surface area contributed by atoms with Crippen LogP contribution in [-0.2, 0) is 13.1 Å². The predicted molar refractivity (Wildman–Crippen MR) is 91.4 cm³/mol. The van der Waals surface area contributed by atoms with Gasteiger partial charge >= 0.3 is 0 Å². The van der Waals surface area contributed by atoms with Crippen LogP contribution in [0.3, 0.4) is 0 Å². The van der Waals surface area contributed by atoms with Crippen LogP contribution in [0.15, 0.2) is 60.7 Å². The average molecular weight is 301 g/mol. The van der Waals surface area contributed by atoms with E-state index in [1.54, 1.807) is 13.8 Å². The fraction of sp³-hybridized carbons (Fsp3) is 0.368. The molecule has 0 saturated carbocycles. The van der Waals surface area contributed by atoms with Crippen molar-refractivity contribution in [2.24, 2.45) is 0 Å². The molecule has 3 nitrogen and oxygen atoms in total. The Morgan fingerprint density at radius 2 is 1.14 bits per heavy atom. The topological polar surface area (TPSA) is 43.7 Å². The molecule has 3 heteroatoms. The van der Waals surface area contributed by atoms with E-state index < -0.39 is 5.60 Å². The zero-order valence-corrected chi connectivity index (χ0v) is 13.7. The molecular weight excluding hydrogens is 274 g/mol. The van der Waals surface area contributed by atoms with Crippen molar-refractivity contribution in [2.45, 2.75) is 32.5 Å². The third-order valence-corrected chi connectivity index (χ3v) is 2.98. The summed E-state index contributed by atoms with van der Waals surface area (Å²) >= 11 is 0. The summed E-state index contributed by atoms with van der Waals surface area (Å²) in [4.78, 5) is 2.32. The molecular formula is C19H27NO2. The lowest BCUT2D eigenvalue weighted by atomic mass is 10.2. The summed E-state index contributed by atoms with van der Waals surface area (Å²) in [5.74, 6) is 0. The van der Waals surface area contributed by atoms with E-state index in [1.807, 2.05) is 0 Å². The summed E-state index contributed by atoms with van der Waals surface area (Å²) in [6, 6.07) is 21.1. The summed E-state index contributed by atoms with van der Waals surface area (Å²) in [7, 11) is 2.15. The van der Waals surface area contributed by atoms with Gasteiger partial charge in [0.1, 0.15) is 0 Å². The molecule has 2 rings (SSSR count). The molecule has 0 amide bonds. The van der Waals surface area contributed by atoms with Crippen molar-refractivity contribution in [1.29, 1.82) is 0 Å². The lowest BCUT2D eigenvalue weighted by Gasteiger charge is -2.16. The highest BCUT2D eigenvalue weighted by Gasteiger charge is 2.07. The first-order valence-corrected chi connectivity index (χ1v) is 7.50. The van der Waals surface area contributed by atoms with Gasteiger partial charge in [0.05, 0.1) is 12.2 Å². The van der Waals surface area contributed by atoms with Crippen molar-refractivity contribution < 1.29 is 10.2 Å². The molecule has 0 heterocycles. The summed E-state index contributed by atoms with van der Waals surface area (Å²) in [6.07, 6.45) is 0. The van der Waals surface area contributed by atoms with E-state index in [9.17, 15) is 0 Å². The molecule has 2 aromatic rings. The number of aliphatic hydroxyl groups excluding tert-OH is 1. The number of hydrogen-bond acceptors (Lipinski definition) is 3. The first kappa shape index (κ1) is 18.4. The van der Waals surface area contributed by atoms with Gasteiger partial charge in [0.25, 0.3) is 0 Å². The molecule has 0 fully saturated rings. The highest BCUT2D eigenvalue weighted by Crippen LogP contribution is 2.07. The van der Waals surface area contributed by atoms with Gasteiger partial charge in [0, 0.05) is 13.1 Å². The minimum absolute atomic E-state index is 0.174. The molecule has 0 atom stereocenters. The largest absolute Gasteiger partial charge is 0.393 e. The first-order valence-electron chi connectivity index (χ1n) is 7.50. The first-order chi connectivity index (χ1) is 10.4. The lowest BCUT2D eigenvalue weighted by Crippen LogP contribution is -2.23. The van der Waals surface area contributed by atoms with Gasteiger partial charge in [-0.05, 0) is 32.0 Å². The quantitative estimate of drug-likeness (QED) is 0.892. The number of rotatable bonds is 5. The van der Waals surface area contributed by atoms with E-state index in [-0.39, 0.29) is 6.61 Å². The van der Waals surface area contributed by atoms with Gasteiger partial charge in [-0.1, -0.05) is 60.7 Å². The third kappa shape index (κ3) is 8.57. The molecule has 0 aliphatic heterocycles. The molecule has 0 saturated heterocycles. The average Bonchev–Trinajstić information content (AvgIpc) is 2.49. The van der Waals surface area contributed by atoms with Crippen LogP contribution >= 0.6 is 0 Å². The van der Waals surface area contributed by atoms with Crippen molar-refractivity contribution in [3.05, 3.63) is 71.8 Å². The molecule has 0 unspecified atom stereocenters. The van der Waals surface area contributed by atoms with Crippen LogP contribution in [0, 0.1) is 0 Å². The van der Waals surface area contributed by atoms with Gasteiger partial charge in [-0.2, -0.15) is 0 Å². The van der Waals surface area contributed by atoms with Gasteiger partial charge in [0.15, 0.2) is 0 Å². The second-order valence-electron chi connectivity index (χ2n) is 6.11. The molecule has 0 bridgehead atoms. The summed E-state index contributed by atoms with van der Waals surface area (Å²) in [6.45, 7) is 4.92. The normalized spacial score (nSPS) is 11.0. The Morgan fingerprint density at radius 1 is 0.818 bits per heavy atom. The summed E-state index contributed by atoms with van der Waals surface area (Å²) in [5.41, 5.74) is 1.82. The molecule has 2 aromatic carbocycles. The van der Waals surface area contributed by atoms with Crippen molar-refractivity contribution in [1.82, 2.24) is 4.90 Å². The van der Waals surface area contributed by atoms with Crippen molar-refractivity contribution in [3.8, 4) is 0 Å². The van der Waals surface area contributed by atoms with E-state index >= 15 is 0 Å². The van der Waals surface area contributed by atoms with E-state index in [4.69, 9.17) is 10.2 Å². The van der Waals surface area contributed by atoms with E-state index in [1.165, 1.54) is 11.1 Å². The zero-order valence-electron chi connectivity index (χ0n) is 13.7. The zero-order chi connectivity index (χ0) is 16.4. The highest BCUT2D eigenvalue weighted by molar-refractivity contribution is 5.16. The Kier molecular flexibility index (Phi) is 7.82. The molecule has 2 N–H and O–H groups in total. The molecule has 0 aliphatic rings. The maximum atomic E-state index is 8.58. The van der Waals surface area contributed by atoms with Gasteiger partial charge < -0.3 is 10.2 Å². The minimum Gasteiger partial charge on any atom is -0.393 e. The SMILES string of the molecule is CC(C)(O)CO.CN(Cc1ccccc1)Cc1ccccc1. The van der Waals surface area contributed by atoms with Crippen molar-refractivity contribution in [2.75, 3.05) is 13.7 Å². The Labute approximate surface area is 133 Å². The molecule has 22 heavy (non-hydrogen) atoms. The Morgan fingerprint density at radius 3 is 1.41 bits per heavy atom. The van der Waals surface area contributed by atoms with Gasteiger partial charge in [-0.15, -0.1) is 0 Å². The monoisotopic (exact) mass is 301 g/mol. The second-order valence-corrected chi connectivity index (χ2v) is 6.11. The van der Waals surface area contributed by atoms with Gasteiger partial charge in [-0.3, -0.25) is 4.90 Å². The van der Waals surface area contributed by atoms with Gasteiger partial charge in [-0.25, -0.2) is 0 Å². The van der Waals surface area contributed by atoms with Crippen LogP contribution in [0.5, 0.6) is 0 Å². The lowest BCUT2D eigenvalue weighted by molar-refractivity contribution is 0.0183. The molecule has 0 aromatic heterocycles. The highest BCUT2D eigenvalue weighted by atomic mass is 16.3. The standard InChI is InChI=1S/C15H17N.C4H10O2/c1-16(12-14-8-4-2-5-9-14)13-15-10-6-3-7-11-15;1-4(2,6)3-5/h2-11H,12-13H2,1H3;5-6H,3H2,1-2H3. The van der Waals surface area contributed by atoms with E-state index in [2.05, 4.69) is 72.6 Å². The Hall–Kier alpha value is -1.68. The smallest absolute Gasteiger partial charge is 0.0821 e. The van der Waals surface area contributed by atoms with Gasteiger partial charge in [0.2, 0.25) is 0 Å². The van der Waals surface area contributed by atoms with Crippen LogP contribution in [0.4, 0.5) is 0 Å². The molecule has 0 spiro atoms. The predicted octanol–water partition coefficient (Wildman–Crippen LogP) is 3.07. The maximum Gasteiger partial charge on any atom is 0.0821 e. The molecule has 120 valence electrons. The molecule has 0 aliphatic carbocycles. The fourth-order valence-corrected chi connectivity index (χ4v) is 1.85. The van der Waals surface area contributed by atoms with Crippen LogP contribution in [0.25, 0.3) is 0 Å². The van der Waals surface area contributed by atoms with E-state index in [0.29, 0.717) is 0 Å². The third-order valence-electron chi connectivity index (χ3n) is 2.98. The number of aliphatic hydroxyl groups is 2. The van der Waals surface area contributed by atoms with Crippen LogP contribution < -0.4 is 0 Å². The Balaban J connectivity index is 0.000000346. The van der Waals surface area contributed by atoms with Crippen molar-refractivity contribution >= 4 is 0 Å². The Bertz CT molecular complexity index is 464. The van der Waals surface area contributed by atoms with Crippen molar-refractivity contribution in [3.63, 3.8) is 0 Å². The number of benzene rings is 2. The fourth-order valence-electron chi connectivity index (χ4n) is 1.85. The maximum absolute atomic E-state index is 8.58. The van der Waals surface area contributed by atoms with Crippen LogP contribution in [-0.4, -0.2) is 34.4 Å². The number of nitrogens with zero attached hydrogens (tertiary/aromatic N) is 1. The van der Waals surface area contributed by atoms with Crippen LogP contribution in [0.1, 0.15) is 25.0 Å². The van der Waals surface area contributed by atoms with E-state index in [0.717, 1.165) is 13.1 Å².